The number of amides is 1. The molecule has 2 aliphatic heterocycles. The minimum atomic E-state index is -3.99. The summed E-state index contributed by atoms with van der Waals surface area (Å²) in [5, 5.41) is 1.14. The van der Waals surface area contributed by atoms with E-state index < -0.39 is 16.1 Å². The summed E-state index contributed by atoms with van der Waals surface area (Å²) < 4.78 is 38.9. The molecule has 1 saturated carbocycles. The molecule has 1 fully saturated rings. The van der Waals surface area contributed by atoms with Crippen molar-refractivity contribution in [2.24, 2.45) is 0 Å². The van der Waals surface area contributed by atoms with Crippen LogP contribution in [0.15, 0.2) is 36.4 Å². The number of likely N-dealkylation sites (N-methyl/N-ethyl adjacent to an activating group) is 3. The molecule has 43 heavy (non-hydrogen) atoms. The van der Waals surface area contributed by atoms with Crippen molar-refractivity contribution in [1.82, 2.24) is 23.4 Å². The fourth-order valence-corrected chi connectivity index (χ4v) is 7.86. The third-order valence-corrected chi connectivity index (χ3v) is 11.2. The van der Waals surface area contributed by atoms with E-state index in [1.807, 2.05) is 12.1 Å². The van der Waals surface area contributed by atoms with Crippen molar-refractivity contribution in [2.45, 2.75) is 64.5 Å². The van der Waals surface area contributed by atoms with Crippen molar-refractivity contribution in [1.29, 1.82) is 0 Å². The molecule has 4 bridgehead atoms. The first-order valence-corrected chi connectivity index (χ1v) is 17.2. The van der Waals surface area contributed by atoms with Gasteiger partial charge in [-0.15, -0.1) is 0 Å². The second kappa shape index (κ2) is 12.2. The molecular weight excluding hydrogens is 562 g/mol. The molecule has 3 heterocycles. The van der Waals surface area contributed by atoms with Crippen LogP contribution in [0.4, 0.5) is 0 Å². The minimum Gasteiger partial charge on any atom is -0.491 e. The van der Waals surface area contributed by atoms with E-state index >= 15 is 0 Å². The molecule has 3 aliphatic rings. The van der Waals surface area contributed by atoms with E-state index in [0.29, 0.717) is 37.7 Å². The minimum absolute atomic E-state index is 0.106. The van der Waals surface area contributed by atoms with Gasteiger partial charge in [-0.05, 0) is 74.7 Å². The van der Waals surface area contributed by atoms with Crippen molar-refractivity contribution in [3.05, 3.63) is 53.1 Å². The van der Waals surface area contributed by atoms with Gasteiger partial charge in [0.05, 0.1) is 11.7 Å². The maximum absolute atomic E-state index is 13.5. The number of nitrogens with zero attached hydrogens (tertiary/aromatic N) is 4. The summed E-state index contributed by atoms with van der Waals surface area (Å²) in [5.41, 5.74) is 6.07. The summed E-state index contributed by atoms with van der Waals surface area (Å²) in [6.45, 7) is 8.75. The Labute approximate surface area is 256 Å². The summed E-state index contributed by atoms with van der Waals surface area (Å²) in [7, 11) is -0.310. The first-order chi connectivity index (χ1) is 20.7. The molecule has 0 saturated heterocycles. The number of nitrogens with one attached hydrogen (secondary N) is 1. The first kappa shape index (κ1) is 30.1. The largest absolute Gasteiger partial charge is 0.491 e. The molecule has 0 radical (unpaired) electrons. The van der Waals surface area contributed by atoms with E-state index in [0.717, 1.165) is 60.3 Å². The van der Waals surface area contributed by atoms with E-state index in [4.69, 9.17) is 4.74 Å². The van der Waals surface area contributed by atoms with E-state index in [1.54, 1.807) is 6.07 Å². The molecule has 9 nitrogen and oxygen atoms in total. The second-order valence-electron chi connectivity index (χ2n) is 12.6. The Morgan fingerprint density at radius 1 is 0.977 bits per heavy atom. The van der Waals surface area contributed by atoms with Gasteiger partial charge < -0.3 is 14.2 Å². The number of ether oxygens (including phenoxy) is 1. The van der Waals surface area contributed by atoms with Crippen LogP contribution in [-0.4, -0.2) is 92.5 Å². The standard InChI is InChI=1S/C33H45N5O4S/c1-5-37-17-15-35(3)26-21-38-29-20-25(33(39)34-43(40,41)36(4)16-18-37)12-14-27(29)31(24-9-7-6-8-10-24)32(38)28-13-11-23(2)19-30(28)42-22-26/h11-14,19-20,24,26H,5-10,15-18,21-22H2,1-4H3,(H,34,39). The number of hydrogen-bond acceptors (Lipinski definition) is 6. The Morgan fingerprint density at radius 3 is 2.51 bits per heavy atom. The van der Waals surface area contributed by atoms with Gasteiger partial charge >= 0.3 is 10.2 Å². The van der Waals surface area contributed by atoms with Crippen LogP contribution in [0.5, 0.6) is 5.75 Å². The maximum atomic E-state index is 13.5. The molecule has 1 aromatic heterocycles. The molecule has 1 aliphatic carbocycles. The lowest BCUT2D eigenvalue weighted by atomic mass is 9.81. The zero-order valence-electron chi connectivity index (χ0n) is 25.9. The second-order valence-corrected chi connectivity index (χ2v) is 14.4. The van der Waals surface area contributed by atoms with Gasteiger partial charge in [-0.1, -0.05) is 38.3 Å². The molecule has 1 unspecified atom stereocenters. The van der Waals surface area contributed by atoms with Gasteiger partial charge in [-0.3, -0.25) is 9.69 Å². The van der Waals surface area contributed by atoms with Crippen molar-refractivity contribution >= 4 is 27.0 Å². The summed E-state index contributed by atoms with van der Waals surface area (Å²) in [4.78, 5) is 18.1. The number of aromatic nitrogens is 1. The highest BCUT2D eigenvalue weighted by Gasteiger charge is 2.32. The van der Waals surface area contributed by atoms with Gasteiger partial charge in [-0.25, -0.2) is 4.72 Å². The van der Waals surface area contributed by atoms with Crippen LogP contribution in [0.2, 0.25) is 0 Å². The fourth-order valence-electron chi connectivity index (χ4n) is 7.03. The lowest BCUT2D eigenvalue weighted by Gasteiger charge is -2.34. The van der Waals surface area contributed by atoms with Gasteiger partial charge in [0.25, 0.3) is 5.91 Å². The molecule has 1 amide bonds. The highest BCUT2D eigenvalue weighted by atomic mass is 32.2. The summed E-state index contributed by atoms with van der Waals surface area (Å²) >= 11 is 0. The SMILES string of the molecule is CCN1CCN(C)C2COc3cc(C)ccc3-c3c(C4CCCCC4)c4ccc(cc4n3C2)C(=O)NS(=O)(=O)N(C)CC1. The molecule has 1 atom stereocenters. The Hall–Kier alpha value is -2.92. The smallest absolute Gasteiger partial charge is 0.303 e. The molecule has 0 spiro atoms. The van der Waals surface area contributed by atoms with Crippen LogP contribution < -0.4 is 9.46 Å². The monoisotopic (exact) mass is 607 g/mol. The normalized spacial score (nSPS) is 23.1. The van der Waals surface area contributed by atoms with Gasteiger partial charge in [-0.2, -0.15) is 12.7 Å². The maximum Gasteiger partial charge on any atom is 0.303 e. The first-order valence-electron chi connectivity index (χ1n) is 15.8. The quantitative estimate of drug-likeness (QED) is 0.459. The van der Waals surface area contributed by atoms with Gasteiger partial charge in [0.15, 0.2) is 0 Å². The van der Waals surface area contributed by atoms with E-state index in [2.05, 4.69) is 58.2 Å². The van der Waals surface area contributed by atoms with Gasteiger partial charge in [0.2, 0.25) is 0 Å². The van der Waals surface area contributed by atoms with Crippen LogP contribution in [0.1, 0.15) is 66.4 Å². The highest BCUT2D eigenvalue weighted by Crippen LogP contribution is 2.47. The van der Waals surface area contributed by atoms with Crippen LogP contribution >= 0.6 is 0 Å². The van der Waals surface area contributed by atoms with Crippen LogP contribution in [0.25, 0.3) is 22.2 Å². The number of fused-ring (bicyclic) bond motifs is 4. The van der Waals surface area contributed by atoms with Crippen LogP contribution in [-0.2, 0) is 16.8 Å². The molecule has 10 heteroatoms. The van der Waals surface area contributed by atoms with Crippen molar-refractivity contribution in [2.75, 3.05) is 53.4 Å². The van der Waals surface area contributed by atoms with Crippen molar-refractivity contribution < 1.29 is 17.9 Å². The Morgan fingerprint density at radius 2 is 1.74 bits per heavy atom. The zero-order chi connectivity index (χ0) is 30.3. The number of benzene rings is 2. The number of rotatable bonds is 2. The van der Waals surface area contributed by atoms with E-state index in [-0.39, 0.29) is 6.04 Å². The Kier molecular flexibility index (Phi) is 8.56. The number of aryl methyl sites for hydroxylation is 1. The van der Waals surface area contributed by atoms with Gasteiger partial charge in [0.1, 0.15) is 12.4 Å². The average molecular weight is 608 g/mol. The number of carbonyl (C=O) groups excluding carboxylic acids is 1. The zero-order valence-corrected chi connectivity index (χ0v) is 26.8. The lowest BCUT2D eigenvalue weighted by molar-refractivity contribution is 0.0979. The molecule has 3 aromatic rings. The van der Waals surface area contributed by atoms with Crippen LogP contribution in [0, 0.1) is 6.92 Å². The van der Waals surface area contributed by atoms with Crippen molar-refractivity contribution in [3.63, 3.8) is 0 Å². The fraction of sp³-hybridized carbons (Fsp3) is 0.545. The third kappa shape index (κ3) is 5.94. The van der Waals surface area contributed by atoms with Gasteiger partial charge in [0, 0.05) is 61.8 Å². The molecule has 232 valence electrons. The number of carbonyl (C=O) groups is 1. The number of hydrogen-bond donors (Lipinski definition) is 1. The lowest BCUT2D eigenvalue weighted by Crippen LogP contribution is -2.47. The van der Waals surface area contributed by atoms with E-state index in [9.17, 15) is 13.2 Å². The highest BCUT2D eigenvalue weighted by molar-refractivity contribution is 7.87. The summed E-state index contributed by atoms with van der Waals surface area (Å²) in [6, 6.07) is 12.3. The van der Waals surface area contributed by atoms with E-state index in [1.165, 1.54) is 41.9 Å². The average Bonchev–Trinajstić information content (AvgIpc) is 3.30. The third-order valence-electron chi connectivity index (χ3n) is 9.80. The van der Waals surface area contributed by atoms with Crippen LogP contribution in [0.3, 0.4) is 0 Å². The topological polar surface area (TPSA) is 87.1 Å². The summed E-state index contributed by atoms with van der Waals surface area (Å²) in [5.74, 6) is 0.705. The summed E-state index contributed by atoms with van der Waals surface area (Å²) in [6.07, 6.45) is 5.95. The predicted molar refractivity (Wildman–Crippen MR) is 171 cm³/mol. The molecule has 6 rings (SSSR count). The Bertz CT molecular complexity index is 1610. The molecule has 1 N–H and O–H groups in total. The molecule has 2 aromatic carbocycles. The van der Waals surface area contributed by atoms with Crippen molar-refractivity contribution in [3.8, 4) is 17.0 Å². The molecular formula is C33H45N5O4S. The Balaban J connectivity index is 1.58. The predicted octanol–water partition coefficient (Wildman–Crippen LogP) is 4.60.